The van der Waals surface area contributed by atoms with Crippen molar-refractivity contribution in [1.82, 2.24) is 4.98 Å². The van der Waals surface area contributed by atoms with Gasteiger partial charge in [-0.15, -0.1) is 0 Å². The Morgan fingerprint density at radius 2 is 2.10 bits per heavy atom. The molecule has 1 aromatic heterocycles. The Balaban J connectivity index is 2.17. The molecule has 1 unspecified atom stereocenters. The van der Waals surface area contributed by atoms with Crippen LogP contribution < -0.4 is 10.7 Å². The fraction of sp³-hybridized carbons (Fsp3) is 0.353. The number of pyridine rings is 1. The summed E-state index contributed by atoms with van der Waals surface area (Å²) >= 11 is 0. The molecule has 0 saturated heterocycles. The van der Waals surface area contributed by atoms with Gasteiger partial charge in [0.1, 0.15) is 0 Å². The van der Waals surface area contributed by atoms with Gasteiger partial charge in [-0.1, -0.05) is 6.07 Å². The van der Waals surface area contributed by atoms with Crippen LogP contribution in [0.1, 0.15) is 31.5 Å². The van der Waals surface area contributed by atoms with Crippen molar-refractivity contribution in [2.75, 3.05) is 6.61 Å². The second-order valence-electron chi connectivity index (χ2n) is 5.54. The monoisotopic (exact) mass is 284 g/mol. The third kappa shape index (κ3) is 2.52. The summed E-state index contributed by atoms with van der Waals surface area (Å²) in [7, 11) is 0. The van der Waals surface area contributed by atoms with E-state index < -0.39 is 0 Å². The van der Waals surface area contributed by atoms with Crippen LogP contribution in [0.5, 0.6) is 5.75 Å². The van der Waals surface area contributed by atoms with E-state index in [2.05, 4.69) is 31.0 Å². The minimum absolute atomic E-state index is 0.172. The molecule has 0 aliphatic carbocycles. The normalized spacial score (nSPS) is 19.1. The predicted molar refractivity (Wildman–Crippen MR) is 83.9 cm³/mol. The second-order valence-corrected chi connectivity index (χ2v) is 5.54. The maximum absolute atomic E-state index is 5.67. The number of benzene rings is 1. The lowest BCUT2D eigenvalue weighted by atomic mass is 9.92. The molecule has 0 fully saturated rings. The van der Waals surface area contributed by atoms with Crippen LogP contribution in [0.3, 0.4) is 0 Å². The van der Waals surface area contributed by atoms with E-state index in [-0.39, 0.29) is 6.10 Å². The van der Waals surface area contributed by atoms with Crippen molar-refractivity contribution in [3.05, 3.63) is 41.1 Å². The van der Waals surface area contributed by atoms with E-state index >= 15 is 0 Å². The van der Waals surface area contributed by atoms with Gasteiger partial charge in [0.15, 0.2) is 5.75 Å². The van der Waals surface area contributed by atoms with Crippen LogP contribution in [0.4, 0.5) is 0 Å². The Morgan fingerprint density at radius 3 is 2.86 bits per heavy atom. The lowest BCUT2D eigenvalue weighted by Crippen LogP contribution is -2.18. The maximum atomic E-state index is 5.67. The minimum atomic E-state index is 0.172. The first-order valence-corrected chi connectivity index (χ1v) is 7.20. The van der Waals surface area contributed by atoms with Gasteiger partial charge in [0.2, 0.25) is 0 Å². The van der Waals surface area contributed by atoms with Crippen LogP contribution >= 0.6 is 0 Å². The molecule has 2 N–H and O–H groups in total. The molecular formula is C17H20N2O2. The quantitative estimate of drug-likeness (QED) is 0.859. The van der Waals surface area contributed by atoms with E-state index in [0.717, 1.165) is 29.6 Å². The Kier molecular flexibility index (Phi) is 3.66. The average Bonchev–Trinajstić information content (AvgIpc) is 2.49. The molecule has 0 radical (unpaired) electrons. The number of hydrogen-bond donors (Lipinski definition) is 1. The van der Waals surface area contributed by atoms with E-state index in [1.165, 1.54) is 16.7 Å². The van der Waals surface area contributed by atoms with Crippen molar-refractivity contribution in [2.45, 2.75) is 33.3 Å². The molecule has 1 aliphatic rings. The largest absolute Gasteiger partial charge is 0.411 e. The highest BCUT2D eigenvalue weighted by Gasteiger charge is 2.18. The molecule has 110 valence electrons. The van der Waals surface area contributed by atoms with E-state index in [9.17, 15) is 0 Å². The average molecular weight is 284 g/mol. The number of fused-ring (bicyclic) bond motifs is 1. The van der Waals surface area contributed by atoms with Gasteiger partial charge in [0, 0.05) is 17.1 Å². The van der Waals surface area contributed by atoms with Crippen LogP contribution in [-0.4, -0.2) is 17.7 Å². The van der Waals surface area contributed by atoms with Crippen LogP contribution in [0, 0.1) is 6.92 Å². The van der Waals surface area contributed by atoms with Crippen LogP contribution in [-0.2, 0) is 4.74 Å². The van der Waals surface area contributed by atoms with E-state index in [1.807, 2.05) is 19.1 Å². The van der Waals surface area contributed by atoms with E-state index in [4.69, 9.17) is 15.5 Å². The lowest BCUT2D eigenvalue weighted by Gasteiger charge is -2.25. The summed E-state index contributed by atoms with van der Waals surface area (Å²) in [5.74, 6) is 6.07. The Hall–Kier alpha value is -1.91. The Morgan fingerprint density at radius 1 is 1.29 bits per heavy atom. The SMILES string of the molecule is CC1=C(c2ccc3nc(C)cc(ON)c3c2)CCOC1C. The standard InChI is InChI=1S/C17H20N2O2/c1-10-8-17(21-18)15-9-13(4-5-16(15)19-10)14-6-7-20-12(3)11(14)2/h4-5,8-9,12H,6-7,18H2,1-3H3. The summed E-state index contributed by atoms with van der Waals surface area (Å²) in [6.07, 6.45) is 1.10. The van der Waals surface area contributed by atoms with Crippen molar-refractivity contribution < 1.29 is 9.57 Å². The van der Waals surface area contributed by atoms with Gasteiger partial charge in [-0.2, -0.15) is 5.90 Å². The van der Waals surface area contributed by atoms with Crippen LogP contribution in [0.2, 0.25) is 0 Å². The smallest absolute Gasteiger partial charge is 0.158 e. The zero-order valence-corrected chi connectivity index (χ0v) is 12.6. The number of hydrogen-bond acceptors (Lipinski definition) is 4. The molecule has 1 aromatic carbocycles. The number of nitrogens with zero attached hydrogens (tertiary/aromatic N) is 1. The van der Waals surface area contributed by atoms with Crippen molar-refractivity contribution in [1.29, 1.82) is 0 Å². The number of aromatic nitrogens is 1. The Labute approximate surface area is 124 Å². The van der Waals surface area contributed by atoms with Gasteiger partial charge in [0.05, 0.1) is 18.2 Å². The number of rotatable bonds is 2. The third-order valence-electron chi connectivity index (χ3n) is 4.18. The zero-order chi connectivity index (χ0) is 15.0. The number of nitrogens with two attached hydrogens (primary N) is 1. The molecule has 0 amide bonds. The van der Waals surface area contributed by atoms with Crippen molar-refractivity contribution in [3.63, 3.8) is 0 Å². The summed E-state index contributed by atoms with van der Waals surface area (Å²) in [5.41, 5.74) is 5.62. The van der Waals surface area contributed by atoms with Crippen LogP contribution in [0.15, 0.2) is 29.8 Å². The van der Waals surface area contributed by atoms with Gasteiger partial charge < -0.3 is 9.57 Å². The van der Waals surface area contributed by atoms with Gasteiger partial charge in [0.25, 0.3) is 0 Å². The molecule has 4 heteroatoms. The van der Waals surface area contributed by atoms with Crippen LogP contribution in [0.25, 0.3) is 16.5 Å². The fourth-order valence-corrected chi connectivity index (χ4v) is 2.88. The molecule has 1 atom stereocenters. The van der Waals surface area contributed by atoms with E-state index in [0.29, 0.717) is 5.75 Å². The molecule has 2 aromatic rings. The highest BCUT2D eigenvalue weighted by atomic mass is 16.6. The first-order valence-electron chi connectivity index (χ1n) is 7.20. The highest BCUT2D eigenvalue weighted by Crippen LogP contribution is 2.33. The molecule has 0 bridgehead atoms. The number of aryl methyl sites for hydroxylation is 1. The van der Waals surface area contributed by atoms with E-state index in [1.54, 1.807) is 0 Å². The van der Waals surface area contributed by atoms with Crippen molar-refractivity contribution in [3.8, 4) is 5.75 Å². The predicted octanol–water partition coefficient (Wildman–Crippen LogP) is 3.38. The molecule has 4 nitrogen and oxygen atoms in total. The zero-order valence-electron chi connectivity index (χ0n) is 12.6. The summed E-state index contributed by atoms with van der Waals surface area (Å²) in [4.78, 5) is 9.55. The van der Waals surface area contributed by atoms with Crippen molar-refractivity contribution in [2.24, 2.45) is 5.90 Å². The highest BCUT2D eigenvalue weighted by molar-refractivity contribution is 5.89. The number of ether oxygens (including phenoxy) is 1. The lowest BCUT2D eigenvalue weighted by molar-refractivity contribution is 0.0864. The van der Waals surface area contributed by atoms with Gasteiger partial charge >= 0.3 is 0 Å². The molecular weight excluding hydrogens is 264 g/mol. The summed E-state index contributed by atoms with van der Waals surface area (Å²) < 4.78 is 5.67. The molecule has 1 aliphatic heterocycles. The maximum Gasteiger partial charge on any atom is 0.158 e. The Bertz CT molecular complexity index is 722. The molecule has 0 spiro atoms. The van der Waals surface area contributed by atoms with Gasteiger partial charge in [-0.25, -0.2) is 0 Å². The molecule has 0 saturated carbocycles. The second kappa shape index (κ2) is 5.47. The summed E-state index contributed by atoms with van der Waals surface area (Å²) in [5, 5.41) is 0.944. The summed E-state index contributed by atoms with van der Waals surface area (Å²) in [6, 6.07) is 8.12. The minimum Gasteiger partial charge on any atom is -0.411 e. The first kappa shape index (κ1) is 14.0. The fourth-order valence-electron chi connectivity index (χ4n) is 2.88. The topological polar surface area (TPSA) is 57.4 Å². The van der Waals surface area contributed by atoms with Gasteiger partial charge in [-0.3, -0.25) is 4.98 Å². The molecule has 2 heterocycles. The first-order chi connectivity index (χ1) is 10.1. The third-order valence-corrected chi connectivity index (χ3v) is 4.18. The van der Waals surface area contributed by atoms with Crippen molar-refractivity contribution >= 4 is 16.5 Å². The molecule has 3 rings (SSSR count). The molecule has 21 heavy (non-hydrogen) atoms. The summed E-state index contributed by atoms with van der Waals surface area (Å²) in [6.45, 7) is 6.92. The van der Waals surface area contributed by atoms with Gasteiger partial charge in [-0.05, 0) is 56.0 Å².